The van der Waals surface area contributed by atoms with Gasteiger partial charge in [-0.1, -0.05) is 6.07 Å². The number of likely N-dealkylation sites (N-methyl/N-ethyl adjacent to an activating group) is 1. The van der Waals surface area contributed by atoms with E-state index in [1.54, 1.807) is 18.2 Å². The molecule has 0 bridgehead atoms. The summed E-state index contributed by atoms with van der Waals surface area (Å²) in [6, 6.07) is 7.17. The third kappa shape index (κ3) is 7.28. The van der Waals surface area contributed by atoms with Gasteiger partial charge in [0.1, 0.15) is 35.7 Å². The molecule has 4 atom stereocenters. The first-order valence-corrected chi connectivity index (χ1v) is 18.7. The number of aromatic nitrogens is 1. The molecule has 1 aromatic carbocycles. The van der Waals surface area contributed by atoms with E-state index in [1.165, 1.54) is 22.6 Å². The van der Waals surface area contributed by atoms with Crippen molar-refractivity contribution in [2.75, 3.05) is 57.9 Å². The second kappa shape index (κ2) is 13.5. The number of ether oxygens (including phenoxy) is 3. The third-order valence-electron chi connectivity index (χ3n) is 9.35. The molecule has 4 heterocycles. The van der Waals surface area contributed by atoms with Crippen molar-refractivity contribution in [3.63, 3.8) is 0 Å². The molecule has 2 aromatic rings. The Labute approximate surface area is 270 Å². The number of hydrogen-bond acceptors (Lipinski definition) is 12. The molecule has 0 unspecified atom stereocenters. The number of hydrogen-bond donors (Lipinski definition) is 4. The maximum absolute atomic E-state index is 13.4. The van der Waals surface area contributed by atoms with Crippen molar-refractivity contribution in [2.45, 2.75) is 78.2 Å². The molecule has 1 aromatic heterocycles. The topological polar surface area (TPSA) is 180 Å². The van der Waals surface area contributed by atoms with Gasteiger partial charge in [-0.25, -0.2) is 26.5 Å². The fourth-order valence-corrected chi connectivity index (χ4v) is 9.33. The van der Waals surface area contributed by atoms with Gasteiger partial charge in [0, 0.05) is 44.8 Å². The largest absolute Gasteiger partial charge is 0.491 e. The Balaban J connectivity index is 0.954. The summed E-state index contributed by atoms with van der Waals surface area (Å²) in [5.74, 6) is 0.749. The van der Waals surface area contributed by atoms with Gasteiger partial charge in [-0.15, -0.1) is 0 Å². The number of benzene rings is 1. The van der Waals surface area contributed by atoms with E-state index in [-0.39, 0.29) is 29.0 Å². The van der Waals surface area contributed by atoms with Crippen LogP contribution < -0.4 is 24.4 Å². The zero-order valence-corrected chi connectivity index (χ0v) is 27.5. The van der Waals surface area contributed by atoms with Crippen LogP contribution in [0.1, 0.15) is 38.5 Å². The number of rotatable bonds is 11. The standard InChI is InChI=1S/C30H43N5O9S2/c1-34-12-13-42-29-27(34)15-25(18-32-29)46(40,41)35-10-8-30(9-11-35)16-21(19-44-30)31-17-22(36)20-43-23-4-2-5-24(14-23)45(38,39)33-26-6-3-7-28(26)37/h2,4-5,14-15,18,21-22,26,28,31,33,36-37H,3,6-13,16-17,19-20H2,1H3/t21-,22+,26-,28+/m1/s1. The zero-order chi connectivity index (χ0) is 32.5. The number of aliphatic hydroxyl groups is 2. The van der Waals surface area contributed by atoms with Crippen LogP contribution in [0.2, 0.25) is 0 Å². The SMILES string of the molecule is CN1CCOc2ncc(S(=O)(=O)N3CCC4(CC3)C[C@@H](NC[C@H](O)COc3cccc(S(=O)(=O)N[C@@H]5CCC[C@@H]5O)c3)CO4)cc21. The lowest BCUT2D eigenvalue weighted by Gasteiger charge is -2.38. The number of nitrogens with one attached hydrogen (secondary N) is 2. The van der Waals surface area contributed by atoms with E-state index >= 15 is 0 Å². The summed E-state index contributed by atoms with van der Waals surface area (Å²) in [5, 5.41) is 23.9. The Kier molecular flexibility index (Phi) is 9.79. The third-order valence-corrected chi connectivity index (χ3v) is 12.7. The minimum Gasteiger partial charge on any atom is -0.491 e. The molecule has 254 valence electrons. The first-order valence-electron chi connectivity index (χ1n) is 15.8. The van der Waals surface area contributed by atoms with Crippen molar-refractivity contribution in [3.8, 4) is 11.6 Å². The van der Waals surface area contributed by atoms with Crippen molar-refractivity contribution in [1.82, 2.24) is 19.3 Å². The minimum atomic E-state index is -3.83. The lowest BCUT2D eigenvalue weighted by molar-refractivity contribution is -0.0312. The van der Waals surface area contributed by atoms with Crippen molar-refractivity contribution in [3.05, 3.63) is 36.5 Å². The van der Waals surface area contributed by atoms with Crippen LogP contribution in [0.3, 0.4) is 0 Å². The number of sulfonamides is 2. The number of anilines is 1. The summed E-state index contributed by atoms with van der Waals surface area (Å²) < 4.78 is 74.0. The summed E-state index contributed by atoms with van der Waals surface area (Å²) in [6.07, 6.45) is 3.55. The van der Waals surface area contributed by atoms with Gasteiger partial charge in [0.15, 0.2) is 0 Å². The van der Waals surface area contributed by atoms with Crippen LogP contribution in [-0.2, 0) is 24.8 Å². The number of piperidine rings is 1. The summed E-state index contributed by atoms with van der Waals surface area (Å²) in [6.45, 7) is 2.48. The molecule has 1 aliphatic carbocycles. The summed E-state index contributed by atoms with van der Waals surface area (Å²) in [4.78, 5) is 6.36. The Bertz CT molecular complexity index is 1600. The van der Waals surface area contributed by atoms with Crippen LogP contribution in [0, 0.1) is 0 Å². The van der Waals surface area contributed by atoms with Crippen molar-refractivity contribution in [1.29, 1.82) is 0 Å². The molecule has 3 aliphatic heterocycles. The Morgan fingerprint density at radius 1 is 1.13 bits per heavy atom. The van der Waals surface area contributed by atoms with Gasteiger partial charge in [0.05, 0.1) is 35.9 Å². The fraction of sp³-hybridized carbons (Fsp3) is 0.633. The minimum absolute atomic E-state index is 0.0105. The van der Waals surface area contributed by atoms with Crippen LogP contribution >= 0.6 is 0 Å². The molecule has 1 spiro atoms. The van der Waals surface area contributed by atoms with Crippen LogP contribution in [-0.4, -0.2) is 119 Å². The lowest BCUT2D eigenvalue weighted by atomic mass is 9.88. The lowest BCUT2D eigenvalue weighted by Crippen LogP contribution is -2.47. The van der Waals surface area contributed by atoms with Gasteiger partial charge in [-0.05, 0) is 56.7 Å². The average Bonchev–Trinajstić information content (AvgIpc) is 3.64. The molecule has 14 nitrogen and oxygen atoms in total. The summed E-state index contributed by atoms with van der Waals surface area (Å²) >= 11 is 0. The van der Waals surface area contributed by atoms with Gasteiger partial charge in [0.2, 0.25) is 25.9 Å². The van der Waals surface area contributed by atoms with Crippen molar-refractivity contribution < 1.29 is 41.3 Å². The molecule has 6 rings (SSSR count). The van der Waals surface area contributed by atoms with E-state index in [0.29, 0.717) is 82.3 Å². The molecule has 2 saturated heterocycles. The van der Waals surface area contributed by atoms with E-state index in [1.807, 2.05) is 11.9 Å². The maximum Gasteiger partial charge on any atom is 0.244 e. The number of pyridine rings is 1. The van der Waals surface area contributed by atoms with E-state index in [2.05, 4.69) is 15.0 Å². The number of nitrogens with zero attached hydrogens (tertiary/aromatic N) is 3. The van der Waals surface area contributed by atoms with Crippen LogP contribution in [0.4, 0.5) is 5.69 Å². The predicted molar refractivity (Wildman–Crippen MR) is 168 cm³/mol. The monoisotopic (exact) mass is 681 g/mol. The maximum atomic E-state index is 13.4. The highest BCUT2D eigenvalue weighted by Gasteiger charge is 2.45. The molecule has 0 amide bonds. The summed E-state index contributed by atoms with van der Waals surface area (Å²) in [5.41, 5.74) is 0.234. The molecule has 16 heteroatoms. The summed E-state index contributed by atoms with van der Waals surface area (Å²) in [7, 11) is -5.67. The van der Waals surface area contributed by atoms with Crippen LogP contribution in [0.25, 0.3) is 0 Å². The smallest absolute Gasteiger partial charge is 0.244 e. The normalized spacial score (nSPS) is 25.7. The van der Waals surface area contributed by atoms with Crippen molar-refractivity contribution >= 4 is 25.7 Å². The Morgan fingerprint density at radius 2 is 1.93 bits per heavy atom. The molecular formula is C30H43N5O9S2. The van der Waals surface area contributed by atoms with Crippen molar-refractivity contribution in [2.24, 2.45) is 0 Å². The van der Waals surface area contributed by atoms with Gasteiger partial charge in [-0.2, -0.15) is 4.31 Å². The van der Waals surface area contributed by atoms with Crippen LogP contribution in [0.15, 0.2) is 46.3 Å². The first-order chi connectivity index (χ1) is 21.9. The molecular weight excluding hydrogens is 638 g/mol. The highest BCUT2D eigenvalue weighted by molar-refractivity contribution is 7.89. The number of aliphatic hydroxyl groups excluding tert-OH is 2. The molecule has 4 N–H and O–H groups in total. The van der Waals surface area contributed by atoms with E-state index in [4.69, 9.17) is 14.2 Å². The molecule has 46 heavy (non-hydrogen) atoms. The predicted octanol–water partition coefficient (Wildman–Crippen LogP) is 0.444. The highest BCUT2D eigenvalue weighted by Crippen LogP contribution is 2.38. The Morgan fingerprint density at radius 3 is 2.70 bits per heavy atom. The molecule has 0 radical (unpaired) electrons. The zero-order valence-electron chi connectivity index (χ0n) is 25.9. The number of fused-ring (bicyclic) bond motifs is 1. The van der Waals surface area contributed by atoms with E-state index in [0.717, 1.165) is 6.42 Å². The second-order valence-corrected chi connectivity index (χ2v) is 16.3. The van der Waals surface area contributed by atoms with Gasteiger partial charge < -0.3 is 34.6 Å². The first kappa shape index (κ1) is 33.3. The quantitative estimate of drug-likeness (QED) is 0.258. The fourth-order valence-electron chi connectivity index (χ4n) is 6.59. The second-order valence-electron chi connectivity index (χ2n) is 12.6. The average molecular weight is 682 g/mol. The van der Waals surface area contributed by atoms with Gasteiger partial charge >= 0.3 is 0 Å². The Hall–Kier alpha value is -2.57. The van der Waals surface area contributed by atoms with Gasteiger partial charge in [0.25, 0.3) is 0 Å². The highest BCUT2D eigenvalue weighted by atomic mass is 32.2. The molecule has 1 saturated carbocycles. The molecule has 3 fully saturated rings. The van der Waals surface area contributed by atoms with E-state index < -0.39 is 43.9 Å². The van der Waals surface area contributed by atoms with E-state index in [9.17, 15) is 27.0 Å². The molecule has 4 aliphatic rings. The van der Waals surface area contributed by atoms with Gasteiger partial charge in [-0.3, -0.25) is 0 Å². The van der Waals surface area contributed by atoms with Crippen LogP contribution in [0.5, 0.6) is 11.6 Å².